The van der Waals surface area contributed by atoms with Crippen molar-refractivity contribution in [1.29, 1.82) is 0 Å². The zero-order valence-corrected chi connectivity index (χ0v) is 12.4. The summed E-state index contributed by atoms with van der Waals surface area (Å²) >= 11 is 0. The van der Waals surface area contributed by atoms with Gasteiger partial charge in [-0.3, -0.25) is 0 Å². The zero-order valence-electron chi connectivity index (χ0n) is 12.4. The van der Waals surface area contributed by atoms with Crippen LogP contribution in [0.4, 0.5) is 0 Å². The molecule has 17 heavy (non-hydrogen) atoms. The summed E-state index contributed by atoms with van der Waals surface area (Å²) in [6.07, 6.45) is 15.5. The fourth-order valence-electron chi connectivity index (χ4n) is 2.05. The van der Waals surface area contributed by atoms with Crippen molar-refractivity contribution in [2.24, 2.45) is 0 Å². The fourth-order valence-corrected chi connectivity index (χ4v) is 2.05. The summed E-state index contributed by atoms with van der Waals surface area (Å²) in [5.41, 5.74) is 0. The predicted octanol–water partition coefficient (Wildman–Crippen LogP) is 5.03. The Morgan fingerprint density at radius 1 is 0.706 bits per heavy atom. The Balaban J connectivity index is 3.15. The van der Waals surface area contributed by atoms with E-state index in [9.17, 15) is 0 Å². The van der Waals surface area contributed by atoms with Gasteiger partial charge in [-0.15, -0.1) is 0 Å². The smallest absolute Gasteiger partial charge is 0.00190 e. The minimum atomic E-state index is 1.21. The average Bonchev–Trinajstić information content (AvgIpc) is 2.36. The van der Waals surface area contributed by atoms with Gasteiger partial charge in [-0.1, -0.05) is 58.6 Å². The molecule has 0 N–H and O–H groups in total. The summed E-state index contributed by atoms with van der Waals surface area (Å²) < 4.78 is 0. The maximum Gasteiger partial charge on any atom is -0.00190 e. The quantitative estimate of drug-likeness (QED) is 0.341. The van der Waals surface area contributed by atoms with E-state index in [-0.39, 0.29) is 0 Å². The van der Waals surface area contributed by atoms with Crippen molar-refractivity contribution >= 4 is 0 Å². The van der Waals surface area contributed by atoms with Gasteiger partial charge in [0, 0.05) is 0 Å². The second-order valence-corrected chi connectivity index (χ2v) is 4.84. The van der Waals surface area contributed by atoms with Crippen molar-refractivity contribution in [3.8, 4) is 0 Å². The lowest BCUT2D eigenvalue weighted by atomic mass is 10.1. The Hall–Kier alpha value is -0.300. The molecule has 1 heteroatoms. The second kappa shape index (κ2) is 13.8. The third kappa shape index (κ3) is 12.0. The molecule has 0 unspecified atom stereocenters. The van der Waals surface area contributed by atoms with Crippen LogP contribution in [0.15, 0.2) is 12.2 Å². The van der Waals surface area contributed by atoms with Crippen molar-refractivity contribution in [1.82, 2.24) is 4.90 Å². The molecule has 0 aromatic carbocycles. The molecule has 0 radical (unpaired) electrons. The highest BCUT2D eigenvalue weighted by Crippen LogP contribution is 2.05. The van der Waals surface area contributed by atoms with E-state index in [1.54, 1.807) is 0 Å². The minimum Gasteiger partial charge on any atom is -0.304 e. The lowest BCUT2D eigenvalue weighted by molar-refractivity contribution is 0.295. The summed E-state index contributed by atoms with van der Waals surface area (Å²) in [5.74, 6) is 0. The highest BCUT2D eigenvalue weighted by atomic mass is 15.1. The summed E-state index contributed by atoms with van der Waals surface area (Å²) in [4.78, 5) is 2.52. The van der Waals surface area contributed by atoms with Gasteiger partial charge in [0.1, 0.15) is 0 Å². The van der Waals surface area contributed by atoms with Gasteiger partial charge < -0.3 is 4.90 Å². The first-order valence-electron chi connectivity index (χ1n) is 7.72. The molecular weight excluding hydrogens is 206 g/mol. The Bertz CT molecular complexity index is 159. The van der Waals surface area contributed by atoms with Gasteiger partial charge in [-0.05, 0) is 45.3 Å². The second-order valence-electron chi connectivity index (χ2n) is 4.84. The van der Waals surface area contributed by atoms with Gasteiger partial charge in [0.15, 0.2) is 0 Å². The van der Waals surface area contributed by atoms with Gasteiger partial charge in [-0.25, -0.2) is 0 Å². The number of unbranched alkanes of at least 4 members (excludes halogenated alkanes) is 6. The minimum absolute atomic E-state index is 1.21. The van der Waals surface area contributed by atoms with Gasteiger partial charge in [-0.2, -0.15) is 0 Å². The van der Waals surface area contributed by atoms with E-state index in [0.29, 0.717) is 0 Å². The molecule has 0 heterocycles. The summed E-state index contributed by atoms with van der Waals surface area (Å²) in [5, 5.41) is 0. The van der Waals surface area contributed by atoms with E-state index in [4.69, 9.17) is 0 Å². The largest absolute Gasteiger partial charge is 0.304 e. The van der Waals surface area contributed by atoms with E-state index in [2.05, 4.69) is 37.8 Å². The number of hydrogen-bond acceptors (Lipinski definition) is 1. The third-order valence-electron chi connectivity index (χ3n) is 3.38. The molecule has 0 aliphatic carbocycles. The maximum absolute atomic E-state index is 2.52. The Labute approximate surface area is 109 Å². The molecule has 0 bridgehead atoms. The number of allylic oxidation sites excluding steroid dienone is 2. The lowest BCUT2D eigenvalue weighted by Crippen LogP contribution is -2.23. The van der Waals surface area contributed by atoms with Crippen LogP contribution in [0.1, 0.15) is 72.1 Å². The van der Waals surface area contributed by atoms with Crippen LogP contribution in [-0.2, 0) is 0 Å². The summed E-state index contributed by atoms with van der Waals surface area (Å²) in [7, 11) is 0. The van der Waals surface area contributed by atoms with Crippen LogP contribution in [0.3, 0.4) is 0 Å². The number of rotatable bonds is 12. The third-order valence-corrected chi connectivity index (χ3v) is 3.38. The summed E-state index contributed by atoms with van der Waals surface area (Å²) in [6.45, 7) is 10.5. The Kier molecular flexibility index (Phi) is 13.5. The predicted molar refractivity (Wildman–Crippen MR) is 79.5 cm³/mol. The normalized spacial score (nSPS) is 11.8. The van der Waals surface area contributed by atoms with Gasteiger partial charge >= 0.3 is 0 Å². The first kappa shape index (κ1) is 16.7. The number of nitrogens with zero attached hydrogens (tertiary/aromatic N) is 1. The average molecular weight is 239 g/mol. The molecule has 0 aliphatic heterocycles. The topological polar surface area (TPSA) is 3.24 Å². The van der Waals surface area contributed by atoms with Crippen LogP contribution in [0.2, 0.25) is 0 Å². The van der Waals surface area contributed by atoms with Crippen molar-refractivity contribution in [3.05, 3.63) is 12.2 Å². The maximum atomic E-state index is 2.52. The molecule has 0 fully saturated rings. The van der Waals surface area contributed by atoms with Crippen molar-refractivity contribution in [2.75, 3.05) is 19.6 Å². The van der Waals surface area contributed by atoms with Crippen LogP contribution in [0.25, 0.3) is 0 Å². The van der Waals surface area contributed by atoms with Crippen LogP contribution in [-0.4, -0.2) is 24.5 Å². The lowest BCUT2D eigenvalue weighted by Gasteiger charge is -2.17. The van der Waals surface area contributed by atoms with Gasteiger partial charge in [0.2, 0.25) is 0 Å². The molecule has 0 rings (SSSR count). The molecule has 0 aromatic rings. The molecule has 0 saturated heterocycles. The highest BCUT2D eigenvalue weighted by Gasteiger charge is 1.97. The Morgan fingerprint density at radius 3 is 1.88 bits per heavy atom. The first-order valence-corrected chi connectivity index (χ1v) is 7.72. The molecule has 0 saturated carbocycles. The van der Waals surface area contributed by atoms with Crippen molar-refractivity contribution in [2.45, 2.75) is 72.1 Å². The highest BCUT2D eigenvalue weighted by molar-refractivity contribution is 4.81. The SMILES string of the molecule is CCCC/C=C/CCCCCCN(CC)CC. The molecule has 0 atom stereocenters. The van der Waals surface area contributed by atoms with E-state index >= 15 is 0 Å². The van der Waals surface area contributed by atoms with E-state index < -0.39 is 0 Å². The zero-order chi connectivity index (χ0) is 12.8. The monoisotopic (exact) mass is 239 g/mol. The fraction of sp³-hybridized carbons (Fsp3) is 0.875. The van der Waals surface area contributed by atoms with Gasteiger partial charge in [0.05, 0.1) is 0 Å². The molecule has 1 nitrogen and oxygen atoms in total. The first-order chi connectivity index (χ1) is 8.35. The van der Waals surface area contributed by atoms with Crippen molar-refractivity contribution < 1.29 is 0 Å². The molecule has 0 amide bonds. The standard InChI is InChI=1S/C16H33N/c1-4-7-8-9-10-11-12-13-14-15-16-17(5-2)6-3/h9-10H,4-8,11-16H2,1-3H3/b10-9+. The van der Waals surface area contributed by atoms with E-state index in [1.165, 1.54) is 71.0 Å². The molecule has 0 spiro atoms. The van der Waals surface area contributed by atoms with E-state index in [0.717, 1.165) is 0 Å². The number of hydrogen-bond donors (Lipinski definition) is 0. The molecule has 0 aliphatic rings. The van der Waals surface area contributed by atoms with Crippen LogP contribution < -0.4 is 0 Å². The van der Waals surface area contributed by atoms with Crippen LogP contribution >= 0.6 is 0 Å². The molecule has 0 aromatic heterocycles. The summed E-state index contributed by atoms with van der Waals surface area (Å²) in [6, 6.07) is 0. The Morgan fingerprint density at radius 2 is 1.29 bits per heavy atom. The van der Waals surface area contributed by atoms with E-state index in [1.807, 2.05) is 0 Å². The van der Waals surface area contributed by atoms with Gasteiger partial charge in [0.25, 0.3) is 0 Å². The molecule has 102 valence electrons. The van der Waals surface area contributed by atoms with Crippen LogP contribution in [0.5, 0.6) is 0 Å². The van der Waals surface area contributed by atoms with Crippen molar-refractivity contribution in [3.63, 3.8) is 0 Å². The van der Waals surface area contributed by atoms with Crippen LogP contribution in [0, 0.1) is 0 Å². The molecular formula is C16H33N.